The van der Waals surface area contributed by atoms with Crippen molar-refractivity contribution in [3.05, 3.63) is 0 Å². The monoisotopic (exact) mass is 295 g/mol. The number of rotatable bonds is 7. The Balaban J connectivity index is 2.31. The minimum absolute atomic E-state index is 0.0169. The molecule has 2 N–H and O–H groups in total. The molecular formula is C11H21NO6S. The normalized spacial score (nSPS) is 19.1. The van der Waals surface area contributed by atoms with E-state index in [1.54, 1.807) is 0 Å². The lowest BCUT2D eigenvalue weighted by atomic mass is 9.95. The SMILES string of the molecule is COC(=O)CCCS(=O)(=O)NCC1(O)CCOCC1. The van der Waals surface area contributed by atoms with Gasteiger partial charge < -0.3 is 14.6 Å². The fourth-order valence-corrected chi connectivity index (χ4v) is 2.91. The Morgan fingerprint density at radius 3 is 2.63 bits per heavy atom. The third-order valence-corrected chi connectivity index (χ3v) is 4.48. The predicted octanol–water partition coefficient (Wildman–Crippen LogP) is -0.599. The second-order valence-electron chi connectivity index (χ2n) is 4.66. The Kier molecular flexibility index (Phi) is 6.18. The van der Waals surface area contributed by atoms with E-state index < -0.39 is 21.6 Å². The van der Waals surface area contributed by atoms with Crippen molar-refractivity contribution in [2.45, 2.75) is 31.3 Å². The van der Waals surface area contributed by atoms with Gasteiger partial charge in [-0.2, -0.15) is 0 Å². The molecule has 1 saturated heterocycles. The third kappa shape index (κ3) is 6.33. The Labute approximate surface area is 113 Å². The Morgan fingerprint density at radius 2 is 2.05 bits per heavy atom. The molecule has 0 unspecified atom stereocenters. The van der Waals surface area contributed by atoms with E-state index in [0.717, 1.165) is 0 Å². The average Bonchev–Trinajstić information content (AvgIpc) is 2.37. The molecule has 0 atom stereocenters. The molecule has 0 aromatic carbocycles. The van der Waals surface area contributed by atoms with Gasteiger partial charge in [-0.15, -0.1) is 0 Å². The van der Waals surface area contributed by atoms with Gasteiger partial charge in [-0.05, 0) is 6.42 Å². The van der Waals surface area contributed by atoms with Crippen LogP contribution in [0.2, 0.25) is 0 Å². The van der Waals surface area contributed by atoms with Crippen LogP contribution >= 0.6 is 0 Å². The molecular weight excluding hydrogens is 274 g/mol. The van der Waals surface area contributed by atoms with E-state index in [2.05, 4.69) is 9.46 Å². The number of methoxy groups -OCH3 is 1. The summed E-state index contributed by atoms with van der Waals surface area (Å²) >= 11 is 0. The highest BCUT2D eigenvalue weighted by atomic mass is 32.2. The standard InChI is InChI=1S/C11H21NO6S/c1-17-10(13)3-2-8-19(15,16)12-9-11(14)4-6-18-7-5-11/h12,14H,2-9H2,1H3. The molecule has 0 spiro atoms. The molecule has 0 amide bonds. The van der Waals surface area contributed by atoms with Crippen LogP contribution in [-0.2, 0) is 24.3 Å². The van der Waals surface area contributed by atoms with E-state index in [9.17, 15) is 18.3 Å². The van der Waals surface area contributed by atoms with Crippen LogP contribution in [0.15, 0.2) is 0 Å². The first kappa shape index (κ1) is 16.4. The van der Waals surface area contributed by atoms with Gasteiger partial charge in [0.25, 0.3) is 0 Å². The summed E-state index contributed by atoms with van der Waals surface area (Å²) in [6.07, 6.45) is 1.09. The summed E-state index contributed by atoms with van der Waals surface area (Å²) in [4.78, 5) is 10.9. The molecule has 0 aliphatic carbocycles. The fraction of sp³-hybridized carbons (Fsp3) is 0.909. The third-order valence-electron chi connectivity index (χ3n) is 3.07. The number of carbonyl (C=O) groups excluding carboxylic acids is 1. The van der Waals surface area contributed by atoms with Crippen molar-refractivity contribution in [1.29, 1.82) is 0 Å². The zero-order valence-corrected chi connectivity index (χ0v) is 11.9. The molecule has 1 aliphatic rings. The predicted molar refractivity (Wildman–Crippen MR) is 68.0 cm³/mol. The summed E-state index contributed by atoms with van der Waals surface area (Å²) in [5.41, 5.74) is -1.03. The molecule has 0 bridgehead atoms. The zero-order chi connectivity index (χ0) is 14.4. The zero-order valence-electron chi connectivity index (χ0n) is 11.1. The molecule has 0 aromatic rings. The van der Waals surface area contributed by atoms with Gasteiger partial charge in [-0.3, -0.25) is 4.79 Å². The lowest BCUT2D eigenvalue weighted by Gasteiger charge is -2.31. The average molecular weight is 295 g/mol. The number of carbonyl (C=O) groups is 1. The molecule has 1 heterocycles. The van der Waals surface area contributed by atoms with Gasteiger partial charge in [0.1, 0.15) is 0 Å². The molecule has 0 saturated carbocycles. The molecule has 1 fully saturated rings. The number of hydrogen-bond acceptors (Lipinski definition) is 6. The maximum atomic E-state index is 11.7. The highest BCUT2D eigenvalue weighted by Crippen LogP contribution is 2.19. The highest BCUT2D eigenvalue weighted by molar-refractivity contribution is 7.89. The number of hydrogen-bond donors (Lipinski definition) is 2. The van der Waals surface area contributed by atoms with Crippen LogP contribution in [-0.4, -0.2) is 57.7 Å². The first-order valence-corrected chi connectivity index (χ1v) is 7.86. The first-order valence-electron chi connectivity index (χ1n) is 6.21. The van der Waals surface area contributed by atoms with E-state index in [-0.39, 0.29) is 25.1 Å². The lowest BCUT2D eigenvalue weighted by Crippen LogP contribution is -2.47. The van der Waals surface area contributed by atoms with E-state index in [1.807, 2.05) is 0 Å². The number of esters is 1. The summed E-state index contributed by atoms with van der Waals surface area (Å²) in [6, 6.07) is 0. The molecule has 0 radical (unpaired) electrons. The van der Waals surface area contributed by atoms with Gasteiger partial charge in [-0.25, -0.2) is 13.1 Å². The van der Waals surface area contributed by atoms with Crippen molar-refractivity contribution < 1.29 is 27.8 Å². The van der Waals surface area contributed by atoms with Gasteiger partial charge in [0.2, 0.25) is 10.0 Å². The van der Waals surface area contributed by atoms with E-state index in [4.69, 9.17) is 4.74 Å². The van der Waals surface area contributed by atoms with Crippen LogP contribution < -0.4 is 4.72 Å². The topological polar surface area (TPSA) is 102 Å². The molecule has 7 nitrogen and oxygen atoms in total. The van der Waals surface area contributed by atoms with Crippen molar-refractivity contribution in [3.8, 4) is 0 Å². The van der Waals surface area contributed by atoms with Crippen molar-refractivity contribution in [3.63, 3.8) is 0 Å². The largest absolute Gasteiger partial charge is 0.469 e. The smallest absolute Gasteiger partial charge is 0.305 e. The Bertz CT molecular complexity index is 388. The van der Waals surface area contributed by atoms with Crippen LogP contribution in [0.1, 0.15) is 25.7 Å². The quantitative estimate of drug-likeness (QED) is 0.608. The summed E-state index contributed by atoms with van der Waals surface area (Å²) in [7, 11) is -2.22. The minimum Gasteiger partial charge on any atom is -0.469 e. The number of nitrogens with one attached hydrogen (secondary N) is 1. The van der Waals surface area contributed by atoms with Crippen LogP contribution in [0.5, 0.6) is 0 Å². The second-order valence-corrected chi connectivity index (χ2v) is 6.58. The fourth-order valence-electron chi connectivity index (χ4n) is 1.75. The van der Waals surface area contributed by atoms with Crippen molar-refractivity contribution in [2.75, 3.05) is 32.6 Å². The van der Waals surface area contributed by atoms with E-state index >= 15 is 0 Å². The van der Waals surface area contributed by atoms with Gasteiger partial charge in [0.05, 0.1) is 18.5 Å². The first-order chi connectivity index (χ1) is 8.87. The second kappa shape index (κ2) is 7.18. The van der Waals surface area contributed by atoms with Gasteiger partial charge >= 0.3 is 5.97 Å². The van der Waals surface area contributed by atoms with Crippen LogP contribution in [0.25, 0.3) is 0 Å². The van der Waals surface area contributed by atoms with E-state index in [1.165, 1.54) is 7.11 Å². The van der Waals surface area contributed by atoms with Crippen LogP contribution in [0.4, 0.5) is 0 Å². The molecule has 1 aliphatic heterocycles. The summed E-state index contributed by atoms with van der Waals surface area (Å²) < 4.78 is 35.3. The molecule has 0 aromatic heterocycles. The maximum absolute atomic E-state index is 11.7. The van der Waals surface area contributed by atoms with Crippen molar-refractivity contribution in [2.24, 2.45) is 0 Å². The molecule has 19 heavy (non-hydrogen) atoms. The highest BCUT2D eigenvalue weighted by Gasteiger charge is 2.31. The van der Waals surface area contributed by atoms with Crippen LogP contribution in [0, 0.1) is 0 Å². The van der Waals surface area contributed by atoms with Crippen molar-refractivity contribution in [1.82, 2.24) is 4.72 Å². The number of ether oxygens (including phenoxy) is 2. The minimum atomic E-state index is -3.48. The Morgan fingerprint density at radius 1 is 1.42 bits per heavy atom. The van der Waals surface area contributed by atoms with Crippen LogP contribution in [0.3, 0.4) is 0 Å². The molecule has 1 rings (SSSR count). The molecule has 8 heteroatoms. The maximum Gasteiger partial charge on any atom is 0.305 e. The summed E-state index contributed by atoms with van der Waals surface area (Å²) in [6.45, 7) is 0.845. The van der Waals surface area contributed by atoms with Gasteiger partial charge in [0.15, 0.2) is 0 Å². The van der Waals surface area contributed by atoms with Crippen molar-refractivity contribution >= 4 is 16.0 Å². The van der Waals surface area contributed by atoms with Gasteiger partial charge in [-0.1, -0.05) is 0 Å². The molecule has 112 valence electrons. The Hall–Kier alpha value is -0.700. The lowest BCUT2D eigenvalue weighted by molar-refractivity contribution is -0.140. The number of sulfonamides is 1. The summed E-state index contributed by atoms with van der Waals surface area (Å²) in [5, 5.41) is 10.1. The van der Waals surface area contributed by atoms with Gasteiger partial charge in [0, 0.05) is 39.0 Å². The summed E-state index contributed by atoms with van der Waals surface area (Å²) in [5.74, 6) is -0.590. The van der Waals surface area contributed by atoms with E-state index in [0.29, 0.717) is 26.1 Å². The number of aliphatic hydroxyl groups is 1.